The summed E-state index contributed by atoms with van der Waals surface area (Å²) in [5.41, 5.74) is 5.41. The molecule has 0 aromatic carbocycles. The van der Waals surface area contributed by atoms with Crippen LogP contribution in [0, 0.1) is 0 Å². The zero-order valence-corrected chi connectivity index (χ0v) is 9.17. The van der Waals surface area contributed by atoms with Crippen LogP contribution in [0.1, 0.15) is 32.1 Å². The van der Waals surface area contributed by atoms with Crippen LogP contribution in [-0.2, 0) is 10.0 Å². The summed E-state index contributed by atoms with van der Waals surface area (Å²) >= 11 is 0. The lowest BCUT2D eigenvalue weighted by Crippen LogP contribution is -2.37. The standard InChI is InChI=1S/C9H18N2O2S/c10-6-1-7-11(8-2-3-8)14(12,13)9-4-5-9/h8-9H,1-7,10H2. The maximum absolute atomic E-state index is 12.0. The SMILES string of the molecule is NCCCN(C1CC1)S(=O)(=O)C1CC1. The molecular weight excluding hydrogens is 200 g/mol. The first-order valence-corrected chi connectivity index (χ1v) is 6.87. The maximum atomic E-state index is 12.0. The molecule has 2 aliphatic carbocycles. The average Bonchev–Trinajstić information content (AvgIpc) is 2.99. The molecule has 2 rings (SSSR count). The van der Waals surface area contributed by atoms with E-state index in [1.54, 1.807) is 4.31 Å². The van der Waals surface area contributed by atoms with Gasteiger partial charge in [0.1, 0.15) is 0 Å². The molecule has 2 saturated carbocycles. The first-order chi connectivity index (χ1) is 6.66. The van der Waals surface area contributed by atoms with Crippen LogP contribution in [0.3, 0.4) is 0 Å². The summed E-state index contributed by atoms with van der Waals surface area (Å²) in [6.07, 6.45) is 4.57. The van der Waals surface area contributed by atoms with Gasteiger partial charge in [0, 0.05) is 12.6 Å². The molecule has 0 heterocycles. The van der Waals surface area contributed by atoms with Crippen molar-refractivity contribution in [3.63, 3.8) is 0 Å². The van der Waals surface area contributed by atoms with Gasteiger partial charge in [-0.2, -0.15) is 4.31 Å². The molecule has 0 aromatic rings. The van der Waals surface area contributed by atoms with Gasteiger partial charge in [-0.3, -0.25) is 0 Å². The normalized spacial score (nSPS) is 23.0. The highest BCUT2D eigenvalue weighted by Crippen LogP contribution is 2.37. The first-order valence-electron chi connectivity index (χ1n) is 5.37. The molecular formula is C9H18N2O2S. The van der Waals surface area contributed by atoms with E-state index in [1.165, 1.54) is 0 Å². The highest BCUT2D eigenvalue weighted by atomic mass is 32.2. The van der Waals surface area contributed by atoms with Gasteiger partial charge in [-0.15, -0.1) is 0 Å². The average molecular weight is 218 g/mol. The molecule has 0 radical (unpaired) electrons. The Bertz CT molecular complexity index is 294. The summed E-state index contributed by atoms with van der Waals surface area (Å²) in [4.78, 5) is 0. The fourth-order valence-corrected chi connectivity index (χ4v) is 3.81. The highest BCUT2D eigenvalue weighted by molar-refractivity contribution is 7.90. The Labute approximate surface area is 85.5 Å². The summed E-state index contributed by atoms with van der Waals surface area (Å²) in [7, 11) is -2.96. The Morgan fingerprint density at radius 2 is 1.86 bits per heavy atom. The topological polar surface area (TPSA) is 63.4 Å². The van der Waals surface area contributed by atoms with E-state index in [0.717, 1.165) is 32.1 Å². The van der Waals surface area contributed by atoms with Crippen LogP contribution in [0.2, 0.25) is 0 Å². The summed E-state index contributed by atoms with van der Waals surface area (Å²) < 4.78 is 25.6. The molecule has 2 aliphatic rings. The van der Waals surface area contributed by atoms with Gasteiger partial charge in [0.25, 0.3) is 0 Å². The quantitative estimate of drug-likeness (QED) is 0.697. The molecule has 0 aromatic heterocycles. The van der Waals surface area contributed by atoms with Crippen molar-refractivity contribution in [2.75, 3.05) is 13.1 Å². The second-order valence-corrected chi connectivity index (χ2v) is 6.39. The van der Waals surface area contributed by atoms with Crippen LogP contribution >= 0.6 is 0 Å². The first kappa shape index (κ1) is 10.4. The van der Waals surface area contributed by atoms with Gasteiger partial charge in [-0.1, -0.05) is 0 Å². The fraction of sp³-hybridized carbons (Fsp3) is 1.00. The third-order valence-corrected chi connectivity index (χ3v) is 5.26. The van der Waals surface area contributed by atoms with Crippen LogP contribution in [0.4, 0.5) is 0 Å². The van der Waals surface area contributed by atoms with Crippen molar-refractivity contribution in [3.8, 4) is 0 Å². The lowest BCUT2D eigenvalue weighted by Gasteiger charge is -2.21. The molecule has 4 nitrogen and oxygen atoms in total. The van der Waals surface area contributed by atoms with Gasteiger partial charge < -0.3 is 5.73 Å². The van der Waals surface area contributed by atoms with E-state index in [9.17, 15) is 8.42 Å². The predicted molar refractivity (Wildman–Crippen MR) is 55.3 cm³/mol. The summed E-state index contributed by atoms with van der Waals surface area (Å²) in [5, 5.41) is -0.0686. The van der Waals surface area contributed by atoms with Crippen molar-refractivity contribution in [1.29, 1.82) is 0 Å². The zero-order valence-electron chi connectivity index (χ0n) is 8.35. The van der Waals surface area contributed by atoms with Crippen LogP contribution in [0.15, 0.2) is 0 Å². The van der Waals surface area contributed by atoms with Gasteiger partial charge in [-0.25, -0.2) is 8.42 Å². The van der Waals surface area contributed by atoms with Crippen LogP contribution in [0.25, 0.3) is 0 Å². The zero-order chi connectivity index (χ0) is 10.2. The Kier molecular flexibility index (Phi) is 2.81. The van der Waals surface area contributed by atoms with Gasteiger partial charge >= 0.3 is 0 Å². The molecule has 0 unspecified atom stereocenters. The van der Waals surface area contributed by atoms with E-state index in [2.05, 4.69) is 0 Å². The van der Waals surface area contributed by atoms with Crippen molar-refractivity contribution in [2.24, 2.45) is 5.73 Å². The minimum absolute atomic E-state index is 0.0686. The molecule has 5 heteroatoms. The second kappa shape index (κ2) is 3.79. The van der Waals surface area contributed by atoms with E-state index in [-0.39, 0.29) is 5.25 Å². The van der Waals surface area contributed by atoms with Gasteiger partial charge in [0.2, 0.25) is 10.0 Å². The lowest BCUT2D eigenvalue weighted by molar-refractivity contribution is 0.398. The van der Waals surface area contributed by atoms with Gasteiger partial charge in [0.15, 0.2) is 0 Å². The fourth-order valence-electron chi connectivity index (χ4n) is 1.68. The minimum atomic E-state index is -2.96. The third kappa shape index (κ3) is 2.10. The van der Waals surface area contributed by atoms with Crippen molar-refractivity contribution in [1.82, 2.24) is 4.31 Å². The molecule has 0 spiro atoms. The Morgan fingerprint density at radius 1 is 1.21 bits per heavy atom. The molecule has 0 bridgehead atoms. The van der Waals surface area contributed by atoms with Crippen molar-refractivity contribution < 1.29 is 8.42 Å². The summed E-state index contributed by atoms with van der Waals surface area (Å²) in [6, 6.07) is 0.298. The molecule has 82 valence electrons. The molecule has 0 atom stereocenters. The van der Waals surface area contributed by atoms with Crippen molar-refractivity contribution in [2.45, 2.75) is 43.4 Å². The number of rotatable bonds is 6. The number of hydrogen-bond donors (Lipinski definition) is 1. The van der Waals surface area contributed by atoms with Crippen LogP contribution in [0.5, 0.6) is 0 Å². The molecule has 0 saturated heterocycles. The Hall–Kier alpha value is -0.130. The van der Waals surface area contributed by atoms with Crippen molar-refractivity contribution >= 4 is 10.0 Å². The number of nitrogens with zero attached hydrogens (tertiary/aromatic N) is 1. The largest absolute Gasteiger partial charge is 0.330 e. The van der Waals surface area contributed by atoms with E-state index in [1.807, 2.05) is 0 Å². The summed E-state index contributed by atoms with van der Waals surface area (Å²) in [6.45, 7) is 1.20. The molecule has 0 amide bonds. The lowest BCUT2D eigenvalue weighted by atomic mass is 10.4. The van der Waals surface area contributed by atoms with Gasteiger partial charge in [-0.05, 0) is 38.6 Å². The van der Waals surface area contributed by atoms with E-state index >= 15 is 0 Å². The maximum Gasteiger partial charge on any atom is 0.217 e. The van der Waals surface area contributed by atoms with E-state index in [4.69, 9.17) is 5.73 Å². The van der Waals surface area contributed by atoms with Gasteiger partial charge in [0.05, 0.1) is 5.25 Å². The van der Waals surface area contributed by atoms with Crippen LogP contribution in [-0.4, -0.2) is 37.1 Å². The highest BCUT2D eigenvalue weighted by Gasteiger charge is 2.45. The van der Waals surface area contributed by atoms with Crippen molar-refractivity contribution in [3.05, 3.63) is 0 Å². The molecule has 2 fully saturated rings. The number of hydrogen-bond acceptors (Lipinski definition) is 3. The number of sulfonamides is 1. The molecule has 2 N–H and O–H groups in total. The second-order valence-electron chi connectivity index (χ2n) is 4.23. The smallest absolute Gasteiger partial charge is 0.217 e. The third-order valence-electron chi connectivity index (χ3n) is 2.81. The van der Waals surface area contributed by atoms with E-state index < -0.39 is 10.0 Å². The Morgan fingerprint density at radius 3 is 2.29 bits per heavy atom. The molecule has 14 heavy (non-hydrogen) atoms. The van der Waals surface area contributed by atoms with Crippen LogP contribution < -0.4 is 5.73 Å². The monoisotopic (exact) mass is 218 g/mol. The Balaban J connectivity index is 2.01. The number of nitrogens with two attached hydrogens (primary N) is 1. The van der Waals surface area contributed by atoms with E-state index in [0.29, 0.717) is 19.1 Å². The predicted octanol–water partition coefficient (Wildman–Crippen LogP) is 0.292. The molecule has 0 aliphatic heterocycles. The summed E-state index contributed by atoms with van der Waals surface area (Å²) in [5.74, 6) is 0. The minimum Gasteiger partial charge on any atom is -0.330 e.